The molecule has 0 saturated carbocycles. The van der Waals surface area contributed by atoms with E-state index >= 15 is 0 Å². The van der Waals surface area contributed by atoms with Crippen LogP contribution in [0.3, 0.4) is 0 Å². The molecule has 1 heterocycles. The molecule has 40 heavy (non-hydrogen) atoms. The summed E-state index contributed by atoms with van der Waals surface area (Å²) in [6.07, 6.45) is -0.293. The molecule has 3 aromatic rings. The van der Waals surface area contributed by atoms with Crippen molar-refractivity contribution in [1.29, 1.82) is 0 Å². The van der Waals surface area contributed by atoms with Crippen LogP contribution in [0.15, 0.2) is 66.7 Å². The van der Waals surface area contributed by atoms with E-state index < -0.39 is 40.1 Å². The first-order valence-corrected chi connectivity index (χ1v) is 13.5. The number of halogens is 2. The highest BCUT2D eigenvalue weighted by atomic mass is 32.3. The number of hydrogen-bond donors (Lipinski definition) is 4. The molecule has 0 radical (unpaired) electrons. The van der Waals surface area contributed by atoms with Crippen LogP contribution in [0.2, 0.25) is 0 Å². The second-order valence-corrected chi connectivity index (χ2v) is 10.1. The lowest BCUT2D eigenvalue weighted by atomic mass is 9.78. The van der Waals surface area contributed by atoms with Gasteiger partial charge >= 0.3 is 10.4 Å². The highest BCUT2D eigenvalue weighted by Gasteiger charge is 2.49. The summed E-state index contributed by atoms with van der Waals surface area (Å²) in [7, 11) is -4.54. The van der Waals surface area contributed by atoms with Crippen molar-refractivity contribution in [1.82, 2.24) is 6.15 Å². The molecule has 4 rings (SSSR count). The van der Waals surface area contributed by atoms with E-state index in [0.717, 1.165) is 0 Å². The van der Waals surface area contributed by atoms with Crippen molar-refractivity contribution in [2.24, 2.45) is 5.92 Å². The molecule has 1 aliphatic heterocycles. The molecule has 3 unspecified atom stereocenters. The zero-order valence-electron chi connectivity index (χ0n) is 21.3. The summed E-state index contributed by atoms with van der Waals surface area (Å²) in [5, 5.41) is 21.4. The number of phenols is 1. The Morgan fingerprint density at radius 1 is 0.950 bits per heavy atom. The van der Waals surface area contributed by atoms with Gasteiger partial charge in [0, 0.05) is 23.7 Å². The maximum atomic E-state index is 13.5. The number of hydrogen-bond acceptors (Lipinski definition) is 8. The number of aliphatic hydroxyl groups excluding tert-OH is 1. The Balaban J connectivity index is 0.00000441. The summed E-state index contributed by atoms with van der Waals surface area (Å²) >= 11 is 0. The van der Waals surface area contributed by atoms with Gasteiger partial charge in [-0.15, -0.1) is 0 Å². The van der Waals surface area contributed by atoms with Crippen LogP contribution in [0, 0.1) is 17.6 Å². The number of benzene rings is 3. The fourth-order valence-corrected chi connectivity index (χ4v) is 4.87. The van der Waals surface area contributed by atoms with Crippen LogP contribution in [0.5, 0.6) is 11.5 Å². The molecule has 3 aromatic carbocycles. The molecular weight excluding hydrogens is 550 g/mol. The smallest absolute Gasteiger partial charge is 0.397 e. The Hall–Kier alpha value is -3.62. The molecule has 1 saturated heterocycles. The molecule has 0 aliphatic carbocycles. The normalized spacial score (nSPS) is 17.6. The van der Waals surface area contributed by atoms with E-state index in [1.54, 1.807) is 12.1 Å². The molecule has 13 heteroatoms. The maximum absolute atomic E-state index is 13.5. The second kappa shape index (κ2) is 13.2. The fraction of sp³-hybridized carbons (Fsp3) is 0.296. The molecule has 1 fully saturated rings. The van der Waals surface area contributed by atoms with Crippen molar-refractivity contribution in [2.75, 3.05) is 18.1 Å². The molecule has 0 spiro atoms. The Morgan fingerprint density at radius 2 is 1.57 bits per heavy atom. The fourth-order valence-electron chi connectivity index (χ4n) is 4.54. The van der Waals surface area contributed by atoms with E-state index in [-0.39, 0.29) is 56.0 Å². The van der Waals surface area contributed by atoms with Crippen LogP contribution < -0.4 is 15.8 Å². The van der Waals surface area contributed by atoms with Crippen LogP contribution in [-0.2, 0) is 19.4 Å². The number of anilines is 1. The van der Waals surface area contributed by atoms with Crippen molar-refractivity contribution >= 4 is 22.0 Å². The van der Waals surface area contributed by atoms with Crippen molar-refractivity contribution in [3.63, 3.8) is 0 Å². The number of rotatable bonds is 12. The number of nitrogens with zero attached hydrogens (tertiary/aromatic N) is 1. The Labute approximate surface area is 230 Å². The van der Waals surface area contributed by atoms with Gasteiger partial charge in [-0.3, -0.25) is 9.35 Å². The monoisotopic (exact) mass is 580 g/mol. The molecular formula is C27H30F2N2O8S. The summed E-state index contributed by atoms with van der Waals surface area (Å²) in [6.45, 7) is -0.243. The third kappa shape index (κ3) is 7.52. The van der Waals surface area contributed by atoms with Gasteiger partial charge in [-0.25, -0.2) is 13.0 Å². The molecule has 1 amide bonds. The first kappa shape index (κ1) is 30.9. The molecule has 0 bridgehead atoms. The van der Waals surface area contributed by atoms with Crippen molar-refractivity contribution in [3.8, 4) is 11.5 Å². The molecule has 0 aromatic heterocycles. The number of carbonyl (C=O) groups is 1. The van der Waals surface area contributed by atoms with E-state index in [0.29, 0.717) is 16.8 Å². The number of aromatic hydroxyl groups is 1. The number of β-lactam (4-membered cyclic amide) rings is 1. The highest BCUT2D eigenvalue weighted by Crippen LogP contribution is 2.49. The second-order valence-electron chi connectivity index (χ2n) is 9.05. The number of aliphatic hydroxyl groups is 1. The van der Waals surface area contributed by atoms with Crippen LogP contribution in [-0.4, -0.2) is 42.3 Å². The minimum atomic E-state index is -4.54. The van der Waals surface area contributed by atoms with Crippen LogP contribution in [0.1, 0.15) is 42.5 Å². The quantitative estimate of drug-likeness (QED) is 0.135. The van der Waals surface area contributed by atoms with Gasteiger partial charge in [-0.1, -0.05) is 12.1 Å². The van der Waals surface area contributed by atoms with E-state index in [4.69, 9.17) is 9.29 Å². The first-order valence-electron chi connectivity index (χ1n) is 12.1. The van der Waals surface area contributed by atoms with Gasteiger partial charge in [0.1, 0.15) is 23.1 Å². The minimum absolute atomic E-state index is 0. The summed E-state index contributed by atoms with van der Waals surface area (Å²) in [6, 6.07) is 14.8. The summed E-state index contributed by atoms with van der Waals surface area (Å²) < 4.78 is 66.2. The minimum Gasteiger partial charge on any atom is -0.507 e. The molecule has 1 aliphatic rings. The third-order valence-corrected chi connectivity index (χ3v) is 6.90. The van der Waals surface area contributed by atoms with E-state index in [1.807, 2.05) is 0 Å². The summed E-state index contributed by atoms with van der Waals surface area (Å²) in [5.74, 6) is -1.62. The number of carbonyl (C=O) groups excluding carboxylic acids is 1. The average Bonchev–Trinajstić information content (AvgIpc) is 2.88. The number of amides is 1. The number of phenolic OH excluding ortho intramolecular Hbond substituents is 1. The van der Waals surface area contributed by atoms with Crippen molar-refractivity contribution in [3.05, 3.63) is 89.5 Å². The Bertz CT molecular complexity index is 1410. The lowest BCUT2D eigenvalue weighted by molar-refractivity contribution is -0.131. The van der Waals surface area contributed by atoms with Gasteiger partial charge in [-0.05, 0) is 66.9 Å². The van der Waals surface area contributed by atoms with Crippen LogP contribution >= 0.6 is 0 Å². The van der Waals surface area contributed by atoms with Gasteiger partial charge in [-0.2, -0.15) is 8.42 Å². The standard InChI is InChI=1S/C27H27F2NO8S.H3N/c28-18-4-2-17(3-5-18)24(31)13-12-23-26(30(27(23)33)20-8-6-19(29)7-9-20)22-11-10-21(16-25(22)32)37-14-1-15-38-39(34,35)36;/h2-11,16,23-24,26,31-32H,1,12-15H2,(H,34,35,36);1H3. The molecule has 216 valence electrons. The maximum Gasteiger partial charge on any atom is 0.397 e. The Morgan fingerprint density at radius 3 is 2.17 bits per heavy atom. The SMILES string of the molecule is N.O=C1C(CCC(O)c2ccc(F)cc2)C(c2ccc(OCCCOS(=O)(=O)O)cc2O)N1c1ccc(F)cc1. The topological polar surface area (TPSA) is 169 Å². The van der Waals surface area contributed by atoms with Crippen molar-refractivity contribution in [2.45, 2.75) is 31.4 Å². The predicted octanol–water partition coefficient (Wildman–Crippen LogP) is 4.64. The average molecular weight is 581 g/mol. The zero-order chi connectivity index (χ0) is 28.2. The Kier molecular flexibility index (Phi) is 10.2. The van der Waals surface area contributed by atoms with Gasteiger partial charge in [0.15, 0.2) is 0 Å². The van der Waals surface area contributed by atoms with Gasteiger partial charge in [0.05, 0.1) is 31.3 Å². The summed E-state index contributed by atoms with van der Waals surface area (Å²) in [5.41, 5.74) is 1.38. The number of ether oxygens (including phenoxy) is 1. The van der Waals surface area contributed by atoms with E-state index in [9.17, 15) is 32.2 Å². The lowest BCUT2D eigenvalue weighted by Gasteiger charge is -2.48. The third-order valence-electron chi connectivity index (χ3n) is 6.43. The molecule has 6 N–H and O–H groups in total. The van der Waals surface area contributed by atoms with Gasteiger partial charge in [0.25, 0.3) is 0 Å². The van der Waals surface area contributed by atoms with Crippen LogP contribution in [0.4, 0.5) is 14.5 Å². The van der Waals surface area contributed by atoms with E-state index in [1.165, 1.54) is 59.5 Å². The van der Waals surface area contributed by atoms with Gasteiger partial charge < -0.3 is 26.0 Å². The summed E-state index contributed by atoms with van der Waals surface area (Å²) in [4.78, 5) is 14.7. The van der Waals surface area contributed by atoms with Crippen LogP contribution in [0.25, 0.3) is 0 Å². The predicted molar refractivity (Wildman–Crippen MR) is 141 cm³/mol. The zero-order valence-corrected chi connectivity index (χ0v) is 22.1. The molecule has 10 nitrogen and oxygen atoms in total. The van der Waals surface area contributed by atoms with Crippen molar-refractivity contribution < 1.29 is 45.7 Å². The highest BCUT2D eigenvalue weighted by molar-refractivity contribution is 7.80. The van der Waals surface area contributed by atoms with E-state index in [2.05, 4.69) is 4.18 Å². The lowest BCUT2D eigenvalue weighted by Crippen LogP contribution is -2.55. The first-order chi connectivity index (χ1) is 18.5. The molecule has 3 atom stereocenters. The van der Waals surface area contributed by atoms with Gasteiger partial charge in [0.2, 0.25) is 5.91 Å². The largest absolute Gasteiger partial charge is 0.507 e.